The van der Waals surface area contributed by atoms with Crippen LogP contribution in [0.15, 0.2) is 23.1 Å². The topological polar surface area (TPSA) is 29.5 Å². The highest BCUT2D eigenvalue weighted by Crippen LogP contribution is 2.07. The van der Waals surface area contributed by atoms with Crippen molar-refractivity contribution in [2.45, 2.75) is 0 Å². The zero-order valence-electron chi connectivity index (χ0n) is 5.36. The maximum Gasteiger partial charge on any atom is 0.185 e. The molecule has 0 fully saturated rings. The summed E-state index contributed by atoms with van der Waals surface area (Å²) >= 11 is 1.63. The monoisotopic (exact) mass is 156 g/mol. The fourth-order valence-corrected chi connectivity index (χ4v) is 1.17. The number of ether oxygens (including phenoxy) is 1. The molecule has 1 rings (SSSR count). The third-order valence-corrected chi connectivity index (χ3v) is 1.68. The van der Waals surface area contributed by atoms with E-state index in [2.05, 4.69) is 4.74 Å². The second-order valence-corrected chi connectivity index (χ2v) is 2.44. The van der Waals surface area contributed by atoms with Gasteiger partial charge in [-0.1, -0.05) is 0 Å². The summed E-state index contributed by atoms with van der Waals surface area (Å²) in [6.45, 7) is -0.263. The summed E-state index contributed by atoms with van der Waals surface area (Å²) in [5.74, 6) is 0. The van der Waals surface area contributed by atoms with Crippen molar-refractivity contribution in [2.24, 2.45) is 0 Å². The Morgan fingerprint density at radius 2 is 2.60 bits per heavy atom. The summed E-state index contributed by atoms with van der Waals surface area (Å²) in [5.41, 5.74) is 1.10. The van der Waals surface area contributed by atoms with Crippen molar-refractivity contribution in [1.82, 2.24) is 0 Å². The quantitative estimate of drug-likeness (QED) is 0.533. The Labute approximate surface area is 63.4 Å². The van der Waals surface area contributed by atoms with Crippen molar-refractivity contribution < 1.29 is 9.84 Å². The molecular weight excluding hydrogens is 148 g/mol. The number of aliphatic hydroxyl groups excluding tert-OH is 1. The van der Waals surface area contributed by atoms with Crippen LogP contribution < -0.4 is 0 Å². The van der Waals surface area contributed by atoms with E-state index in [0.717, 1.165) is 5.56 Å². The number of hydrogen-bond acceptors (Lipinski definition) is 3. The maximum atomic E-state index is 8.22. The molecule has 0 spiro atoms. The molecule has 1 N–H and O–H groups in total. The lowest BCUT2D eigenvalue weighted by molar-refractivity contribution is 0.0614. The van der Waals surface area contributed by atoms with E-state index in [-0.39, 0.29) is 6.79 Å². The summed E-state index contributed by atoms with van der Waals surface area (Å²) < 4.78 is 4.59. The van der Waals surface area contributed by atoms with E-state index in [1.54, 1.807) is 17.4 Å². The summed E-state index contributed by atoms with van der Waals surface area (Å²) in [4.78, 5) is 0. The molecule has 0 bridgehead atoms. The van der Waals surface area contributed by atoms with E-state index in [1.807, 2.05) is 16.8 Å². The third kappa shape index (κ3) is 2.21. The molecular formula is C7H8O2S. The van der Waals surface area contributed by atoms with Crippen LogP contribution in [0, 0.1) is 0 Å². The fraction of sp³-hybridized carbons (Fsp3) is 0.143. The van der Waals surface area contributed by atoms with Gasteiger partial charge < -0.3 is 9.84 Å². The molecule has 1 aromatic rings. The number of rotatable bonds is 3. The van der Waals surface area contributed by atoms with Gasteiger partial charge in [-0.25, -0.2) is 0 Å². The van der Waals surface area contributed by atoms with Crippen LogP contribution in [0.5, 0.6) is 0 Å². The number of aliphatic hydroxyl groups is 1. The maximum absolute atomic E-state index is 8.22. The largest absolute Gasteiger partial charge is 0.475 e. The van der Waals surface area contributed by atoms with Crippen molar-refractivity contribution in [1.29, 1.82) is 0 Å². The first kappa shape index (κ1) is 7.31. The normalized spacial score (nSPS) is 10.5. The summed E-state index contributed by atoms with van der Waals surface area (Å²) in [5, 5.41) is 12.2. The lowest BCUT2D eigenvalue weighted by Gasteiger charge is -1.88. The van der Waals surface area contributed by atoms with Crippen molar-refractivity contribution in [2.75, 3.05) is 6.79 Å². The molecule has 1 heterocycles. The van der Waals surface area contributed by atoms with Crippen LogP contribution in [0.1, 0.15) is 5.56 Å². The van der Waals surface area contributed by atoms with Crippen LogP contribution in [-0.4, -0.2) is 11.9 Å². The van der Waals surface area contributed by atoms with Crippen LogP contribution in [-0.2, 0) is 4.74 Å². The molecule has 0 amide bonds. The Morgan fingerprint density at radius 1 is 1.70 bits per heavy atom. The average Bonchev–Trinajstić information content (AvgIpc) is 2.41. The fourth-order valence-electron chi connectivity index (χ4n) is 0.540. The van der Waals surface area contributed by atoms with Gasteiger partial charge in [-0.2, -0.15) is 11.3 Å². The molecule has 0 aromatic carbocycles. The molecule has 0 saturated heterocycles. The Hall–Kier alpha value is -0.800. The highest BCUT2D eigenvalue weighted by atomic mass is 32.1. The van der Waals surface area contributed by atoms with Gasteiger partial charge in [-0.15, -0.1) is 0 Å². The van der Waals surface area contributed by atoms with E-state index in [0.29, 0.717) is 0 Å². The first-order valence-electron chi connectivity index (χ1n) is 2.84. The SMILES string of the molecule is OCO/C=C/c1ccsc1. The number of hydrogen-bond donors (Lipinski definition) is 1. The summed E-state index contributed by atoms with van der Waals surface area (Å²) in [6, 6.07) is 1.97. The van der Waals surface area contributed by atoms with Gasteiger partial charge in [0.25, 0.3) is 0 Å². The minimum Gasteiger partial charge on any atom is -0.475 e. The van der Waals surface area contributed by atoms with E-state index >= 15 is 0 Å². The van der Waals surface area contributed by atoms with Crippen molar-refractivity contribution in [3.63, 3.8) is 0 Å². The van der Waals surface area contributed by atoms with Gasteiger partial charge in [0.2, 0.25) is 0 Å². The predicted molar refractivity (Wildman–Crippen MR) is 41.5 cm³/mol. The van der Waals surface area contributed by atoms with Gasteiger partial charge in [0, 0.05) is 0 Å². The molecule has 0 aliphatic heterocycles. The lowest BCUT2D eigenvalue weighted by atomic mass is 10.3. The molecule has 1 aromatic heterocycles. The second kappa shape index (κ2) is 4.09. The summed E-state index contributed by atoms with van der Waals surface area (Å²) in [6.07, 6.45) is 3.27. The van der Waals surface area contributed by atoms with Gasteiger partial charge in [0.15, 0.2) is 6.79 Å². The Balaban J connectivity index is 2.40. The predicted octanol–water partition coefficient (Wildman–Crippen LogP) is 1.69. The highest BCUT2D eigenvalue weighted by molar-refractivity contribution is 7.08. The first-order valence-corrected chi connectivity index (χ1v) is 3.79. The van der Waals surface area contributed by atoms with Crippen LogP contribution >= 0.6 is 11.3 Å². The van der Waals surface area contributed by atoms with Gasteiger partial charge in [0.1, 0.15) is 0 Å². The van der Waals surface area contributed by atoms with E-state index in [4.69, 9.17) is 5.11 Å². The van der Waals surface area contributed by atoms with Crippen LogP contribution in [0.3, 0.4) is 0 Å². The molecule has 54 valence electrons. The minimum absolute atomic E-state index is 0.263. The standard InChI is InChI=1S/C7H8O2S/c8-6-9-3-1-7-2-4-10-5-7/h1-5,8H,6H2/b3-1+. The second-order valence-electron chi connectivity index (χ2n) is 1.66. The molecule has 0 radical (unpaired) electrons. The molecule has 0 saturated carbocycles. The molecule has 0 aliphatic rings. The smallest absolute Gasteiger partial charge is 0.185 e. The third-order valence-electron chi connectivity index (χ3n) is 0.974. The first-order chi connectivity index (χ1) is 4.93. The Bertz CT molecular complexity index is 191. The van der Waals surface area contributed by atoms with Crippen LogP contribution in [0.2, 0.25) is 0 Å². The van der Waals surface area contributed by atoms with Gasteiger partial charge in [0.05, 0.1) is 6.26 Å². The highest BCUT2D eigenvalue weighted by Gasteiger charge is 1.82. The van der Waals surface area contributed by atoms with E-state index < -0.39 is 0 Å². The van der Waals surface area contributed by atoms with E-state index in [1.165, 1.54) is 6.26 Å². The Morgan fingerprint density at radius 3 is 3.20 bits per heavy atom. The zero-order chi connectivity index (χ0) is 7.23. The lowest BCUT2D eigenvalue weighted by Crippen LogP contribution is -1.80. The summed E-state index contributed by atoms with van der Waals surface area (Å²) in [7, 11) is 0. The van der Waals surface area contributed by atoms with Gasteiger partial charge in [-0.3, -0.25) is 0 Å². The molecule has 2 nitrogen and oxygen atoms in total. The molecule has 10 heavy (non-hydrogen) atoms. The van der Waals surface area contributed by atoms with Gasteiger partial charge >= 0.3 is 0 Å². The Kier molecular flexibility index (Phi) is 2.99. The molecule has 0 unspecified atom stereocenters. The minimum atomic E-state index is -0.263. The van der Waals surface area contributed by atoms with Gasteiger partial charge in [-0.05, 0) is 28.5 Å². The van der Waals surface area contributed by atoms with Crippen LogP contribution in [0.4, 0.5) is 0 Å². The molecule has 0 atom stereocenters. The molecule has 3 heteroatoms. The zero-order valence-corrected chi connectivity index (χ0v) is 6.17. The molecule has 0 aliphatic carbocycles. The van der Waals surface area contributed by atoms with E-state index in [9.17, 15) is 0 Å². The number of thiophene rings is 1. The van der Waals surface area contributed by atoms with Crippen molar-refractivity contribution in [3.05, 3.63) is 28.7 Å². The van der Waals surface area contributed by atoms with Crippen LogP contribution in [0.25, 0.3) is 6.08 Å². The van der Waals surface area contributed by atoms with Crippen molar-refractivity contribution in [3.8, 4) is 0 Å². The van der Waals surface area contributed by atoms with Crippen molar-refractivity contribution >= 4 is 17.4 Å². The average molecular weight is 156 g/mol.